The van der Waals surface area contributed by atoms with Crippen LogP contribution in [0.25, 0.3) is 83.2 Å². The van der Waals surface area contributed by atoms with Crippen molar-refractivity contribution in [1.29, 1.82) is 10.5 Å². The Labute approximate surface area is 365 Å². The minimum atomic E-state index is -0.327. The highest BCUT2D eigenvalue weighted by molar-refractivity contribution is 6.23. The van der Waals surface area contributed by atoms with Crippen molar-refractivity contribution in [2.45, 2.75) is 44.4 Å². The van der Waals surface area contributed by atoms with Crippen LogP contribution in [0.5, 0.6) is 0 Å². The number of aromatic nitrogens is 2. The first-order chi connectivity index (χ1) is 30.7. The predicted molar refractivity (Wildman–Crippen MR) is 258 cm³/mol. The summed E-state index contributed by atoms with van der Waals surface area (Å²) in [7, 11) is 0. The summed E-state index contributed by atoms with van der Waals surface area (Å²) in [6.45, 7) is 9.28. The van der Waals surface area contributed by atoms with Crippen LogP contribution in [0.4, 0.5) is 0 Å². The number of allylic oxidation sites excluding steroid dienone is 7. The number of rotatable bonds is 2. The minimum absolute atomic E-state index is 0.0101. The van der Waals surface area contributed by atoms with Gasteiger partial charge in [0.2, 0.25) is 0 Å². The van der Waals surface area contributed by atoms with E-state index in [2.05, 4.69) is 201 Å². The molecule has 2 heterocycles. The summed E-state index contributed by atoms with van der Waals surface area (Å²) in [5.74, 6) is 0.0101. The molecule has 63 heavy (non-hydrogen) atoms. The Morgan fingerprint density at radius 2 is 1.14 bits per heavy atom. The van der Waals surface area contributed by atoms with Crippen LogP contribution in [0, 0.1) is 22.7 Å². The fourth-order valence-electron chi connectivity index (χ4n) is 12.1. The highest BCUT2D eigenvalue weighted by Crippen LogP contribution is 2.56. The lowest BCUT2D eigenvalue weighted by atomic mass is 9.81. The van der Waals surface area contributed by atoms with Crippen molar-refractivity contribution in [2.75, 3.05) is 0 Å². The summed E-state index contributed by atoms with van der Waals surface area (Å²) in [6, 6.07) is 48.9. The third-order valence-corrected chi connectivity index (χ3v) is 14.8. The maximum Gasteiger partial charge on any atom is 0.101 e. The van der Waals surface area contributed by atoms with Gasteiger partial charge in [0.25, 0.3) is 0 Å². The number of hydrogen-bond acceptors (Lipinski definition) is 2. The fraction of sp³-hybridized carbons (Fsp3) is 0.119. The molecule has 0 spiro atoms. The predicted octanol–water partition coefficient (Wildman–Crippen LogP) is 14.4. The Hall–Kier alpha value is -7.92. The Balaban J connectivity index is 1.16. The molecule has 0 aliphatic heterocycles. The largest absolute Gasteiger partial charge is 0.308 e. The Morgan fingerprint density at radius 3 is 1.83 bits per heavy atom. The number of fused-ring (bicyclic) bond motifs is 18. The number of hydrogen-bond donors (Lipinski definition) is 0. The molecule has 1 unspecified atom stereocenters. The molecule has 0 saturated carbocycles. The van der Waals surface area contributed by atoms with E-state index in [1.165, 1.54) is 50.1 Å². The van der Waals surface area contributed by atoms with Crippen molar-refractivity contribution in [3.63, 3.8) is 0 Å². The second-order valence-corrected chi connectivity index (χ2v) is 18.6. The molecule has 2 aromatic heterocycles. The van der Waals surface area contributed by atoms with Crippen molar-refractivity contribution in [3.8, 4) is 45.8 Å². The molecule has 0 N–H and O–H groups in total. The van der Waals surface area contributed by atoms with Crippen LogP contribution in [0.1, 0.15) is 78.3 Å². The molecule has 2 bridgehead atoms. The zero-order chi connectivity index (χ0) is 42.5. The van der Waals surface area contributed by atoms with Gasteiger partial charge in [-0.3, -0.25) is 0 Å². The van der Waals surface area contributed by atoms with E-state index in [9.17, 15) is 10.5 Å². The molecular weight excluding hydrogens is 765 g/mol. The van der Waals surface area contributed by atoms with Crippen LogP contribution in [-0.2, 0) is 10.8 Å². The third kappa shape index (κ3) is 4.52. The topological polar surface area (TPSA) is 57.4 Å². The van der Waals surface area contributed by atoms with Gasteiger partial charge >= 0.3 is 0 Å². The number of nitrogens with zero attached hydrogens (tertiary/aromatic N) is 4. The summed E-state index contributed by atoms with van der Waals surface area (Å²) >= 11 is 0. The van der Waals surface area contributed by atoms with Gasteiger partial charge in [0, 0.05) is 32.9 Å². The summed E-state index contributed by atoms with van der Waals surface area (Å²) in [4.78, 5) is 0. The average molecular weight is 805 g/mol. The lowest BCUT2D eigenvalue weighted by Gasteiger charge is -2.25. The highest BCUT2D eigenvalue weighted by atomic mass is 15.0. The lowest BCUT2D eigenvalue weighted by Crippen LogP contribution is -2.17. The smallest absolute Gasteiger partial charge is 0.101 e. The van der Waals surface area contributed by atoms with Gasteiger partial charge in [0.05, 0.1) is 44.7 Å². The molecule has 0 radical (unpaired) electrons. The molecule has 4 nitrogen and oxygen atoms in total. The van der Waals surface area contributed by atoms with Crippen molar-refractivity contribution < 1.29 is 0 Å². The van der Waals surface area contributed by atoms with Gasteiger partial charge in [-0.2, -0.15) is 10.5 Å². The fourth-order valence-corrected chi connectivity index (χ4v) is 12.1. The number of nitriles is 2. The molecular formula is C59H40N4. The first-order valence-corrected chi connectivity index (χ1v) is 21.9. The van der Waals surface area contributed by atoms with Crippen LogP contribution in [0.2, 0.25) is 0 Å². The molecule has 4 heteroatoms. The second kappa shape index (κ2) is 12.3. The lowest BCUT2D eigenvalue weighted by molar-refractivity contribution is 0.663. The van der Waals surface area contributed by atoms with Crippen LogP contribution in [0.15, 0.2) is 163 Å². The van der Waals surface area contributed by atoms with Crippen molar-refractivity contribution in [2.24, 2.45) is 0 Å². The van der Waals surface area contributed by atoms with E-state index in [-0.39, 0.29) is 16.7 Å². The van der Waals surface area contributed by atoms with E-state index in [0.29, 0.717) is 22.5 Å². The maximum atomic E-state index is 11.5. The Bertz CT molecular complexity index is 3820. The van der Waals surface area contributed by atoms with Gasteiger partial charge < -0.3 is 9.13 Å². The molecule has 9 aromatic rings. The monoisotopic (exact) mass is 804 g/mol. The average Bonchev–Trinajstić information content (AvgIpc) is 3.84. The van der Waals surface area contributed by atoms with Gasteiger partial charge in [0.1, 0.15) is 12.1 Å². The normalized spacial score (nSPS) is 16.9. The summed E-state index contributed by atoms with van der Waals surface area (Å²) in [5.41, 5.74) is 18.2. The molecule has 0 fully saturated rings. The first-order valence-electron chi connectivity index (χ1n) is 21.9. The van der Waals surface area contributed by atoms with Gasteiger partial charge in [-0.1, -0.05) is 167 Å². The van der Waals surface area contributed by atoms with E-state index in [0.717, 1.165) is 54.7 Å². The Kier molecular flexibility index (Phi) is 7.02. The molecule has 7 aromatic carbocycles. The summed E-state index contributed by atoms with van der Waals surface area (Å²) in [5, 5.41) is 28.7. The van der Waals surface area contributed by atoms with E-state index >= 15 is 0 Å². The quantitative estimate of drug-likeness (QED) is 0.175. The SMILES string of the molecule is CC1(C)c2ccccc2-c2ccc3c4c(n(-c5cc(C#N)c(-n6c7ccc8ccccc8c7c7ccc8c(c76)C(C)(C)c6ccccc6-8)cc5C#N)c3c21)C=CC1=CC4C=CC=C1. The second-order valence-electron chi connectivity index (χ2n) is 18.6. The molecule has 0 amide bonds. The zero-order valence-corrected chi connectivity index (χ0v) is 35.5. The maximum absolute atomic E-state index is 11.5. The van der Waals surface area contributed by atoms with Crippen LogP contribution >= 0.6 is 0 Å². The van der Waals surface area contributed by atoms with Crippen LogP contribution < -0.4 is 0 Å². The van der Waals surface area contributed by atoms with Crippen molar-refractivity contribution in [3.05, 3.63) is 208 Å². The van der Waals surface area contributed by atoms with E-state index in [4.69, 9.17) is 0 Å². The summed E-state index contributed by atoms with van der Waals surface area (Å²) < 4.78 is 4.62. The standard InChI is InChI=1S/C59H40N4/c1-58(2)46-19-11-9-17-40(46)42-23-25-44-52-36-15-6-5-13-34(29-36)21-27-48(52)62(56(44)54(42)58)50-30-38(33-61)51(31-37(50)32-60)63-49-28-22-35-14-7-8-16-39(35)53(49)45-26-24-43-41-18-10-12-20-47(41)59(3,4)55(43)57(45)63/h5-31,36H,1-4H3. The van der Waals surface area contributed by atoms with E-state index in [1.807, 2.05) is 12.1 Å². The highest BCUT2D eigenvalue weighted by Gasteiger charge is 2.41. The van der Waals surface area contributed by atoms with Gasteiger partial charge in [0.15, 0.2) is 0 Å². The van der Waals surface area contributed by atoms with Crippen LogP contribution in [0.3, 0.4) is 0 Å². The molecule has 4 aliphatic rings. The molecule has 13 rings (SSSR count). The zero-order valence-electron chi connectivity index (χ0n) is 35.5. The third-order valence-electron chi connectivity index (χ3n) is 14.8. The molecule has 1 atom stereocenters. The van der Waals surface area contributed by atoms with Crippen LogP contribution in [-0.4, -0.2) is 9.13 Å². The molecule has 0 saturated heterocycles. The van der Waals surface area contributed by atoms with E-state index in [1.54, 1.807) is 0 Å². The van der Waals surface area contributed by atoms with Gasteiger partial charge in [-0.05, 0) is 90.7 Å². The number of benzene rings is 7. The van der Waals surface area contributed by atoms with Crippen molar-refractivity contribution in [1.82, 2.24) is 9.13 Å². The van der Waals surface area contributed by atoms with Gasteiger partial charge in [-0.15, -0.1) is 0 Å². The minimum Gasteiger partial charge on any atom is -0.308 e. The van der Waals surface area contributed by atoms with E-state index < -0.39 is 0 Å². The summed E-state index contributed by atoms with van der Waals surface area (Å²) in [6.07, 6.45) is 15.4. The van der Waals surface area contributed by atoms with Crippen molar-refractivity contribution >= 4 is 49.6 Å². The molecule has 296 valence electrons. The first kappa shape index (κ1) is 35.8. The Morgan fingerprint density at radius 1 is 0.540 bits per heavy atom. The molecule has 4 aliphatic carbocycles. The van der Waals surface area contributed by atoms with Gasteiger partial charge in [-0.25, -0.2) is 0 Å².